The molecule has 0 amide bonds. The fraction of sp³-hybridized carbons (Fsp3) is 0. The average Bonchev–Trinajstić information content (AvgIpc) is 3.06. The molecule has 4 nitrogen and oxygen atoms in total. The molecule has 0 spiro atoms. The maximum atomic E-state index is 12.6. The molecule has 0 bridgehead atoms. The summed E-state index contributed by atoms with van der Waals surface area (Å²) in [5, 5.41) is 2.54. The van der Waals surface area contributed by atoms with Crippen LogP contribution in [-0.4, -0.2) is 14.5 Å². The molecule has 0 saturated heterocycles. The minimum atomic E-state index is -0.0890. The molecule has 4 aromatic rings. The molecule has 0 aliphatic rings. The van der Waals surface area contributed by atoms with Crippen LogP contribution in [0, 0.1) is 4.77 Å². The van der Waals surface area contributed by atoms with E-state index in [-0.39, 0.29) is 5.56 Å². The average molecular weight is 317 g/mol. The van der Waals surface area contributed by atoms with Crippen LogP contribution in [0.4, 0.5) is 0 Å². The van der Waals surface area contributed by atoms with Crippen molar-refractivity contribution in [1.82, 2.24) is 14.5 Å². The first-order chi connectivity index (χ1) is 9.74. The molecule has 0 aliphatic heterocycles. The predicted octanol–water partition coefficient (Wildman–Crippen LogP) is 3.72. The van der Waals surface area contributed by atoms with Crippen LogP contribution in [0.5, 0.6) is 0 Å². The molecule has 3 heterocycles. The zero-order chi connectivity index (χ0) is 13.7. The summed E-state index contributed by atoms with van der Waals surface area (Å²) >= 11 is 8.34. The zero-order valence-corrected chi connectivity index (χ0v) is 12.4. The highest BCUT2D eigenvalue weighted by atomic mass is 32.1. The molecule has 4 rings (SSSR count). The lowest BCUT2D eigenvalue weighted by atomic mass is 10.3. The van der Waals surface area contributed by atoms with Crippen LogP contribution in [0.25, 0.3) is 26.1 Å². The van der Waals surface area contributed by atoms with Gasteiger partial charge in [-0.05, 0) is 41.9 Å². The second kappa shape index (κ2) is 4.34. The van der Waals surface area contributed by atoms with Gasteiger partial charge < -0.3 is 4.98 Å². The number of hydrogen-bond donors (Lipinski definition) is 1. The van der Waals surface area contributed by atoms with Crippen molar-refractivity contribution < 1.29 is 0 Å². The molecule has 98 valence electrons. The van der Waals surface area contributed by atoms with Crippen molar-refractivity contribution in [2.24, 2.45) is 0 Å². The molecule has 1 N–H and O–H groups in total. The van der Waals surface area contributed by atoms with E-state index in [0.717, 1.165) is 20.7 Å². The maximum absolute atomic E-state index is 12.6. The number of hydrogen-bond acceptors (Lipinski definition) is 5. The summed E-state index contributed by atoms with van der Waals surface area (Å²) in [5.74, 6) is 0. The largest absolute Gasteiger partial charge is 0.323 e. The van der Waals surface area contributed by atoms with Gasteiger partial charge in [-0.15, -0.1) is 22.7 Å². The number of aromatic amines is 1. The molecular formula is C13H7N3OS3. The lowest BCUT2D eigenvalue weighted by Crippen LogP contribution is -2.19. The Hall–Kier alpha value is -1.83. The quantitative estimate of drug-likeness (QED) is 0.544. The normalized spacial score (nSPS) is 11.4. The number of rotatable bonds is 1. The van der Waals surface area contributed by atoms with Gasteiger partial charge in [-0.3, -0.25) is 9.36 Å². The third-order valence-corrected chi connectivity index (χ3v) is 5.00. The fourth-order valence-electron chi connectivity index (χ4n) is 2.16. The van der Waals surface area contributed by atoms with E-state index in [1.54, 1.807) is 16.8 Å². The van der Waals surface area contributed by atoms with Crippen molar-refractivity contribution in [1.29, 1.82) is 0 Å². The Balaban J connectivity index is 2.10. The molecule has 3 aromatic heterocycles. The topological polar surface area (TPSA) is 50.7 Å². The van der Waals surface area contributed by atoms with Gasteiger partial charge in [0.1, 0.15) is 4.83 Å². The molecule has 0 fully saturated rings. The van der Waals surface area contributed by atoms with E-state index in [4.69, 9.17) is 12.2 Å². The number of aromatic nitrogens is 3. The van der Waals surface area contributed by atoms with Crippen molar-refractivity contribution in [3.05, 3.63) is 50.3 Å². The second-order valence-electron chi connectivity index (χ2n) is 4.24. The Bertz CT molecular complexity index is 1050. The van der Waals surface area contributed by atoms with Crippen LogP contribution in [0.1, 0.15) is 0 Å². The second-order valence-corrected chi connectivity index (χ2v) is 6.43. The van der Waals surface area contributed by atoms with Gasteiger partial charge in [0, 0.05) is 0 Å². The van der Waals surface area contributed by atoms with Gasteiger partial charge >= 0.3 is 0 Å². The Morgan fingerprint density at radius 2 is 2.15 bits per heavy atom. The molecule has 7 heteroatoms. The Kier molecular flexibility index (Phi) is 2.59. The molecule has 0 radical (unpaired) electrons. The molecule has 20 heavy (non-hydrogen) atoms. The van der Waals surface area contributed by atoms with E-state index >= 15 is 0 Å². The van der Waals surface area contributed by atoms with E-state index in [1.807, 2.05) is 29.6 Å². The summed E-state index contributed by atoms with van der Waals surface area (Å²) < 4.78 is 2.98. The number of thiophene rings is 1. The summed E-state index contributed by atoms with van der Waals surface area (Å²) in [4.78, 5) is 20.7. The number of nitrogens with zero attached hydrogens (tertiary/aromatic N) is 2. The predicted molar refractivity (Wildman–Crippen MR) is 85.8 cm³/mol. The van der Waals surface area contributed by atoms with Crippen LogP contribution < -0.4 is 5.56 Å². The molecule has 0 saturated carbocycles. The summed E-state index contributed by atoms with van der Waals surface area (Å²) in [5.41, 5.74) is 3.40. The van der Waals surface area contributed by atoms with Crippen LogP contribution in [0.3, 0.4) is 0 Å². The van der Waals surface area contributed by atoms with Gasteiger partial charge in [-0.25, -0.2) is 4.98 Å². The third kappa shape index (κ3) is 1.67. The van der Waals surface area contributed by atoms with E-state index in [9.17, 15) is 4.79 Å². The number of nitrogens with one attached hydrogen (secondary N) is 1. The first-order valence-corrected chi connectivity index (χ1v) is 7.97. The SMILES string of the molecule is O=c1c2ccsc2[nH]c(=S)n1-c1ccc2ncsc2c1. The number of thiazole rings is 1. The van der Waals surface area contributed by atoms with Gasteiger partial charge in [0.25, 0.3) is 5.56 Å². The highest BCUT2D eigenvalue weighted by Gasteiger charge is 2.09. The third-order valence-electron chi connectivity index (χ3n) is 3.10. The maximum Gasteiger partial charge on any atom is 0.267 e. The van der Waals surface area contributed by atoms with Gasteiger partial charge in [-0.2, -0.15) is 0 Å². The summed E-state index contributed by atoms with van der Waals surface area (Å²) in [7, 11) is 0. The highest BCUT2D eigenvalue weighted by Crippen LogP contribution is 2.22. The first kappa shape index (κ1) is 12.0. The number of fused-ring (bicyclic) bond motifs is 2. The van der Waals surface area contributed by atoms with Crippen LogP contribution in [-0.2, 0) is 0 Å². The van der Waals surface area contributed by atoms with Gasteiger partial charge in [0.2, 0.25) is 0 Å². The summed E-state index contributed by atoms with van der Waals surface area (Å²) in [6, 6.07) is 7.52. The Labute approximate surface area is 126 Å². The fourth-order valence-corrected chi connectivity index (χ4v) is 4.00. The monoisotopic (exact) mass is 317 g/mol. The van der Waals surface area contributed by atoms with Crippen molar-refractivity contribution in [2.45, 2.75) is 0 Å². The standard InChI is InChI=1S/C13H7N3OS3/c17-12-8-3-4-19-11(8)15-13(18)16(12)7-1-2-9-10(5-7)20-6-14-9/h1-6H,(H,15,18). The molecule has 0 atom stereocenters. The minimum Gasteiger partial charge on any atom is -0.323 e. The van der Waals surface area contributed by atoms with Gasteiger partial charge in [0.15, 0.2) is 4.77 Å². The molecule has 0 unspecified atom stereocenters. The summed E-state index contributed by atoms with van der Waals surface area (Å²) in [6.07, 6.45) is 0. The van der Waals surface area contributed by atoms with Crippen molar-refractivity contribution >= 4 is 55.3 Å². The smallest absolute Gasteiger partial charge is 0.267 e. The molecular weight excluding hydrogens is 310 g/mol. The van der Waals surface area contributed by atoms with Crippen molar-refractivity contribution in [2.75, 3.05) is 0 Å². The Morgan fingerprint density at radius 1 is 1.25 bits per heavy atom. The first-order valence-electron chi connectivity index (χ1n) is 5.80. The Morgan fingerprint density at radius 3 is 3.05 bits per heavy atom. The van der Waals surface area contributed by atoms with Crippen molar-refractivity contribution in [3.8, 4) is 5.69 Å². The zero-order valence-electron chi connectivity index (χ0n) is 9.99. The van der Waals surface area contributed by atoms with Crippen LogP contribution in [0.15, 0.2) is 40.0 Å². The van der Waals surface area contributed by atoms with Crippen LogP contribution >= 0.6 is 34.9 Å². The highest BCUT2D eigenvalue weighted by molar-refractivity contribution is 7.71. The number of benzene rings is 1. The number of H-pyrrole nitrogens is 1. The van der Waals surface area contributed by atoms with E-state index in [0.29, 0.717) is 10.2 Å². The van der Waals surface area contributed by atoms with Crippen LogP contribution in [0.2, 0.25) is 0 Å². The molecule has 1 aromatic carbocycles. The van der Waals surface area contributed by atoms with Gasteiger partial charge in [-0.1, -0.05) is 0 Å². The molecule has 0 aliphatic carbocycles. The van der Waals surface area contributed by atoms with E-state index in [2.05, 4.69) is 9.97 Å². The lowest BCUT2D eigenvalue weighted by molar-refractivity contribution is 0.945. The summed E-state index contributed by atoms with van der Waals surface area (Å²) in [6.45, 7) is 0. The van der Waals surface area contributed by atoms with E-state index in [1.165, 1.54) is 15.9 Å². The van der Waals surface area contributed by atoms with Gasteiger partial charge in [0.05, 0.1) is 26.8 Å². The van der Waals surface area contributed by atoms with E-state index < -0.39 is 0 Å². The minimum absolute atomic E-state index is 0.0890. The van der Waals surface area contributed by atoms with Crippen molar-refractivity contribution in [3.63, 3.8) is 0 Å². The lowest BCUT2D eigenvalue weighted by Gasteiger charge is -2.06.